The molecule has 0 spiro atoms. The second-order valence-electron chi connectivity index (χ2n) is 4.52. The van der Waals surface area contributed by atoms with E-state index in [4.69, 9.17) is 5.73 Å². The van der Waals surface area contributed by atoms with E-state index in [1.54, 1.807) is 6.07 Å². The molecule has 1 atom stereocenters. The van der Waals surface area contributed by atoms with Gasteiger partial charge in [0.25, 0.3) is 0 Å². The van der Waals surface area contributed by atoms with Gasteiger partial charge in [-0.05, 0) is 30.2 Å². The van der Waals surface area contributed by atoms with Crippen LogP contribution in [0, 0.1) is 5.92 Å². The second kappa shape index (κ2) is 6.56. The molecule has 0 aliphatic rings. The molecule has 0 fully saturated rings. The molecule has 1 rings (SSSR count). The fourth-order valence-electron chi connectivity index (χ4n) is 1.53. The Bertz CT molecular complexity index is 432. The first-order valence-corrected chi connectivity index (χ1v) is 5.96. The fourth-order valence-corrected chi connectivity index (χ4v) is 1.53. The van der Waals surface area contributed by atoms with Crippen molar-refractivity contribution < 1.29 is 18.0 Å². The molecule has 19 heavy (non-hydrogen) atoms. The summed E-state index contributed by atoms with van der Waals surface area (Å²) in [6, 6.07) is 4.91. The Morgan fingerprint density at radius 1 is 1.42 bits per heavy atom. The third-order valence-electron chi connectivity index (χ3n) is 2.68. The maximum atomic E-state index is 12.5. The van der Waals surface area contributed by atoms with Crippen LogP contribution in [0.25, 0.3) is 0 Å². The van der Waals surface area contributed by atoms with E-state index in [1.165, 1.54) is 6.07 Å². The average molecular weight is 274 g/mol. The van der Waals surface area contributed by atoms with Gasteiger partial charge in [0.2, 0.25) is 5.91 Å². The second-order valence-corrected chi connectivity index (χ2v) is 4.52. The number of carbonyl (C=O) groups is 1. The molecule has 3 N–H and O–H groups in total. The molecule has 6 heteroatoms. The third-order valence-corrected chi connectivity index (χ3v) is 2.68. The Kier molecular flexibility index (Phi) is 5.35. The highest BCUT2D eigenvalue weighted by Gasteiger charge is 2.30. The molecule has 0 aliphatic heterocycles. The summed E-state index contributed by atoms with van der Waals surface area (Å²) in [6.07, 6.45) is -4.09. The molecule has 0 aromatic heterocycles. The minimum atomic E-state index is -4.37. The maximum Gasteiger partial charge on any atom is 0.416 e. The maximum absolute atomic E-state index is 12.5. The van der Waals surface area contributed by atoms with Crippen molar-refractivity contribution in [3.63, 3.8) is 0 Å². The Morgan fingerprint density at radius 3 is 2.68 bits per heavy atom. The van der Waals surface area contributed by atoms with Crippen molar-refractivity contribution in [1.29, 1.82) is 0 Å². The van der Waals surface area contributed by atoms with E-state index in [0.717, 1.165) is 12.1 Å². The molecule has 0 heterocycles. The summed E-state index contributed by atoms with van der Waals surface area (Å²) >= 11 is 0. The van der Waals surface area contributed by atoms with Crippen LogP contribution < -0.4 is 11.1 Å². The lowest BCUT2D eigenvalue weighted by atomic mass is 10.1. The largest absolute Gasteiger partial charge is 0.416 e. The van der Waals surface area contributed by atoms with E-state index in [9.17, 15) is 18.0 Å². The average Bonchev–Trinajstić information content (AvgIpc) is 2.35. The van der Waals surface area contributed by atoms with Gasteiger partial charge in [0.1, 0.15) is 0 Å². The van der Waals surface area contributed by atoms with Gasteiger partial charge in [-0.25, -0.2) is 0 Å². The smallest absolute Gasteiger partial charge is 0.352 e. The number of nitrogens with two attached hydrogens (primary N) is 1. The number of hydrogen-bond acceptors (Lipinski definition) is 2. The van der Waals surface area contributed by atoms with Crippen LogP contribution in [0.3, 0.4) is 0 Å². The van der Waals surface area contributed by atoms with Gasteiger partial charge in [0, 0.05) is 13.0 Å². The zero-order chi connectivity index (χ0) is 14.5. The standard InChI is InChI=1S/C13H17F3N2O/c1-9(7-17)5-12(19)18-8-10-3-2-4-11(6-10)13(14,15)16/h2-4,6,9H,5,7-8,17H2,1H3,(H,18,19). The summed E-state index contributed by atoms with van der Waals surface area (Å²) in [4.78, 5) is 11.5. The van der Waals surface area contributed by atoms with Crippen molar-refractivity contribution in [2.45, 2.75) is 26.1 Å². The van der Waals surface area contributed by atoms with E-state index in [-0.39, 0.29) is 24.8 Å². The summed E-state index contributed by atoms with van der Waals surface area (Å²) in [7, 11) is 0. The topological polar surface area (TPSA) is 55.1 Å². The van der Waals surface area contributed by atoms with Crippen LogP contribution in [0.2, 0.25) is 0 Å². The van der Waals surface area contributed by atoms with Gasteiger partial charge in [-0.1, -0.05) is 19.1 Å². The number of halogens is 3. The van der Waals surface area contributed by atoms with Crippen molar-refractivity contribution >= 4 is 5.91 Å². The number of amides is 1. The first kappa shape index (κ1) is 15.5. The zero-order valence-corrected chi connectivity index (χ0v) is 10.6. The summed E-state index contributed by atoms with van der Waals surface area (Å²) < 4.78 is 37.4. The normalized spacial score (nSPS) is 13.1. The molecule has 0 saturated carbocycles. The van der Waals surface area contributed by atoms with Gasteiger partial charge in [-0.2, -0.15) is 13.2 Å². The Morgan fingerprint density at radius 2 is 2.11 bits per heavy atom. The molecule has 0 radical (unpaired) electrons. The lowest BCUT2D eigenvalue weighted by Crippen LogP contribution is -2.26. The SMILES string of the molecule is CC(CN)CC(=O)NCc1cccc(C(F)(F)F)c1. The molecule has 0 aliphatic carbocycles. The molecule has 0 bridgehead atoms. The number of carbonyl (C=O) groups excluding carboxylic acids is 1. The highest BCUT2D eigenvalue weighted by Crippen LogP contribution is 2.29. The van der Waals surface area contributed by atoms with Gasteiger partial charge >= 0.3 is 6.18 Å². The predicted molar refractivity (Wildman–Crippen MR) is 66.1 cm³/mol. The van der Waals surface area contributed by atoms with Crippen LogP contribution in [0.4, 0.5) is 13.2 Å². The van der Waals surface area contributed by atoms with Crippen LogP contribution in [-0.4, -0.2) is 12.5 Å². The number of alkyl halides is 3. The third kappa shape index (κ3) is 5.30. The molecular formula is C13H17F3N2O. The monoisotopic (exact) mass is 274 g/mol. The Labute approximate surface area is 110 Å². The number of nitrogens with one attached hydrogen (secondary N) is 1. The molecule has 1 amide bonds. The van der Waals surface area contributed by atoms with E-state index in [0.29, 0.717) is 12.1 Å². The van der Waals surface area contributed by atoms with Gasteiger partial charge in [-0.15, -0.1) is 0 Å². The van der Waals surface area contributed by atoms with Crippen molar-refractivity contribution in [2.24, 2.45) is 11.7 Å². The van der Waals surface area contributed by atoms with Gasteiger partial charge in [0.05, 0.1) is 5.56 Å². The first-order chi connectivity index (χ1) is 8.82. The van der Waals surface area contributed by atoms with E-state index in [1.807, 2.05) is 6.92 Å². The highest BCUT2D eigenvalue weighted by molar-refractivity contribution is 5.76. The van der Waals surface area contributed by atoms with Crippen molar-refractivity contribution in [1.82, 2.24) is 5.32 Å². The van der Waals surface area contributed by atoms with Crippen LogP contribution in [0.5, 0.6) is 0 Å². The van der Waals surface area contributed by atoms with E-state index < -0.39 is 11.7 Å². The van der Waals surface area contributed by atoms with Crippen LogP contribution in [0.15, 0.2) is 24.3 Å². The minimum Gasteiger partial charge on any atom is -0.352 e. The summed E-state index contributed by atoms with van der Waals surface area (Å²) in [5.74, 6) is -0.156. The Hall–Kier alpha value is -1.56. The van der Waals surface area contributed by atoms with Gasteiger partial charge < -0.3 is 11.1 Å². The van der Waals surface area contributed by atoms with E-state index >= 15 is 0 Å². The Balaban J connectivity index is 2.56. The summed E-state index contributed by atoms with van der Waals surface area (Å²) in [5.41, 5.74) is 5.10. The van der Waals surface area contributed by atoms with Gasteiger partial charge in [0.15, 0.2) is 0 Å². The molecule has 106 valence electrons. The van der Waals surface area contributed by atoms with Gasteiger partial charge in [-0.3, -0.25) is 4.79 Å². The van der Waals surface area contributed by atoms with Crippen molar-refractivity contribution in [3.8, 4) is 0 Å². The summed E-state index contributed by atoms with van der Waals surface area (Å²) in [6.45, 7) is 2.32. The summed E-state index contributed by atoms with van der Waals surface area (Å²) in [5, 5.41) is 2.58. The number of hydrogen-bond donors (Lipinski definition) is 2. The van der Waals surface area contributed by atoms with Crippen LogP contribution in [-0.2, 0) is 17.5 Å². The quantitative estimate of drug-likeness (QED) is 0.865. The zero-order valence-electron chi connectivity index (χ0n) is 10.6. The lowest BCUT2D eigenvalue weighted by Gasteiger charge is -2.11. The van der Waals surface area contributed by atoms with Crippen molar-refractivity contribution in [2.75, 3.05) is 6.54 Å². The molecule has 3 nitrogen and oxygen atoms in total. The molecular weight excluding hydrogens is 257 g/mol. The lowest BCUT2D eigenvalue weighted by molar-refractivity contribution is -0.137. The number of rotatable bonds is 5. The minimum absolute atomic E-state index is 0.0570. The number of benzene rings is 1. The molecule has 0 saturated heterocycles. The first-order valence-electron chi connectivity index (χ1n) is 5.96. The molecule has 1 aromatic rings. The van der Waals surface area contributed by atoms with Crippen LogP contribution in [0.1, 0.15) is 24.5 Å². The molecule has 1 unspecified atom stereocenters. The molecule has 1 aromatic carbocycles. The van der Waals surface area contributed by atoms with E-state index in [2.05, 4.69) is 5.32 Å². The highest BCUT2D eigenvalue weighted by atomic mass is 19.4. The fraction of sp³-hybridized carbons (Fsp3) is 0.462. The predicted octanol–water partition coefficient (Wildman–Crippen LogP) is 2.31. The van der Waals surface area contributed by atoms with Crippen molar-refractivity contribution in [3.05, 3.63) is 35.4 Å². The van der Waals surface area contributed by atoms with Crippen LogP contribution >= 0.6 is 0 Å².